The summed E-state index contributed by atoms with van der Waals surface area (Å²) >= 11 is 0. The van der Waals surface area contributed by atoms with Crippen LogP contribution in [-0.4, -0.2) is 23.9 Å². The maximum absolute atomic E-state index is 12.9. The summed E-state index contributed by atoms with van der Waals surface area (Å²) < 4.78 is 0. The van der Waals surface area contributed by atoms with Crippen molar-refractivity contribution in [1.29, 1.82) is 0 Å². The molecule has 0 radical (unpaired) electrons. The molecule has 0 bridgehead atoms. The average molecular weight is 345 g/mol. The van der Waals surface area contributed by atoms with Crippen molar-refractivity contribution < 1.29 is 4.79 Å². The highest BCUT2D eigenvalue weighted by Gasteiger charge is 2.32. The second-order valence-electron chi connectivity index (χ2n) is 7.07. The van der Waals surface area contributed by atoms with E-state index in [1.165, 1.54) is 18.4 Å². The molecule has 0 spiro atoms. The normalized spacial score (nSPS) is 24.3. The van der Waals surface area contributed by atoms with E-state index >= 15 is 0 Å². The largest absolute Gasteiger partial charge is 0.345 e. The fourth-order valence-electron chi connectivity index (χ4n) is 3.34. The molecule has 1 saturated carbocycles. The van der Waals surface area contributed by atoms with Gasteiger partial charge in [-0.3, -0.25) is 14.8 Å². The third-order valence-electron chi connectivity index (χ3n) is 5.07. The summed E-state index contributed by atoms with van der Waals surface area (Å²) in [7, 11) is 0. The maximum atomic E-state index is 12.9. The Balaban J connectivity index is 1.57. The standard InChI is InChI=1S/C22H23N3O/c1-15-7-5-6-12-23-20(15)14-24-22(26)21-18-9-4-2-3-8-17(18)13-19(25-21)16-10-11-16/h2-9,12,15-16H,10-11,13-14H2,1H3,(H,24,26). The van der Waals surface area contributed by atoms with Crippen LogP contribution in [-0.2, 0) is 4.79 Å². The second-order valence-corrected chi connectivity index (χ2v) is 7.07. The van der Waals surface area contributed by atoms with E-state index in [9.17, 15) is 4.79 Å². The molecule has 1 fully saturated rings. The lowest BCUT2D eigenvalue weighted by Crippen LogP contribution is -2.34. The lowest BCUT2D eigenvalue weighted by Gasteiger charge is -2.20. The van der Waals surface area contributed by atoms with Gasteiger partial charge in [0.25, 0.3) is 5.91 Å². The van der Waals surface area contributed by atoms with Crippen LogP contribution < -0.4 is 5.32 Å². The van der Waals surface area contributed by atoms with Crippen LogP contribution in [0.3, 0.4) is 0 Å². The van der Waals surface area contributed by atoms with Crippen LogP contribution in [0.25, 0.3) is 0 Å². The van der Waals surface area contributed by atoms with E-state index in [0.717, 1.165) is 23.4 Å². The highest BCUT2D eigenvalue weighted by Crippen LogP contribution is 2.38. The third-order valence-corrected chi connectivity index (χ3v) is 5.07. The van der Waals surface area contributed by atoms with Crippen LogP contribution in [0.2, 0.25) is 0 Å². The molecule has 0 aromatic carbocycles. The summed E-state index contributed by atoms with van der Waals surface area (Å²) in [6.45, 7) is 2.52. The van der Waals surface area contributed by atoms with Gasteiger partial charge in [0, 0.05) is 35.5 Å². The number of hydrogen-bond donors (Lipinski definition) is 1. The van der Waals surface area contributed by atoms with Gasteiger partial charge in [-0.15, -0.1) is 0 Å². The first kappa shape index (κ1) is 16.7. The van der Waals surface area contributed by atoms with Gasteiger partial charge in [0.1, 0.15) is 5.70 Å². The fourth-order valence-corrected chi connectivity index (χ4v) is 3.34. The van der Waals surface area contributed by atoms with Crippen LogP contribution in [0.4, 0.5) is 0 Å². The molecule has 1 unspecified atom stereocenters. The Labute approximate surface area is 154 Å². The molecule has 0 aromatic rings. The van der Waals surface area contributed by atoms with Crippen molar-refractivity contribution in [3.63, 3.8) is 0 Å². The van der Waals surface area contributed by atoms with Crippen LogP contribution in [0.15, 0.2) is 81.6 Å². The topological polar surface area (TPSA) is 53.8 Å². The Hall–Kier alpha value is -2.75. The summed E-state index contributed by atoms with van der Waals surface area (Å²) in [5.41, 5.74) is 4.76. The smallest absolute Gasteiger partial charge is 0.270 e. The summed E-state index contributed by atoms with van der Waals surface area (Å²) in [4.78, 5) is 22.2. The van der Waals surface area contributed by atoms with Gasteiger partial charge < -0.3 is 5.32 Å². The molecule has 2 heterocycles. The molecule has 4 nitrogen and oxygen atoms in total. The molecular weight excluding hydrogens is 322 g/mol. The molecule has 4 heteroatoms. The SMILES string of the molecule is CC1C=CC=CN=C1CNC(=O)C1=C2C=CC=CC=C2CC(C2CC2)=N1. The Morgan fingerprint density at radius 2 is 2.08 bits per heavy atom. The van der Waals surface area contributed by atoms with Gasteiger partial charge in [0.15, 0.2) is 0 Å². The number of hydrogen-bond acceptors (Lipinski definition) is 3. The number of allylic oxidation sites excluding steroid dienone is 10. The number of nitrogens with zero attached hydrogens (tertiary/aromatic N) is 2. The minimum Gasteiger partial charge on any atom is -0.345 e. The monoisotopic (exact) mass is 345 g/mol. The fraction of sp³-hybridized carbons (Fsp3) is 0.318. The number of fused-ring (bicyclic) bond motifs is 1. The van der Waals surface area contributed by atoms with Gasteiger partial charge in [0.05, 0.1) is 6.54 Å². The van der Waals surface area contributed by atoms with Gasteiger partial charge in [-0.05, 0) is 30.4 Å². The molecule has 1 N–H and O–H groups in total. The molecule has 1 amide bonds. The molecule has 2 aliphatic carbocycles. The van der Waals surface area contributed by atoms with Crippen molar-refractivity contribution in [1.82, 2.24) is 5.32 Å². The van der Waals surface area contributed by atoms with Gasteiger partial charge in [0.2, 0.25) is 0 Å². The van der Waals surface area contributed by atoms with Gasteiger partial charge in [-0.25, -0.2) is 0 Å². The molecule has 0 saturated heterocycles. The van der Waals surface area contributed by atoms with Crippen molar-refractivity contribution in [2.75, 3.05) is 6.54 Å². The number of carbonyl (C=O) groups excluding carboxylic acids is 1. The molecular formula is C22H23N3O. The first-order valence-electron chi connectivity index (χ1n) is 9.26. The predicted octanol–water partition coefficient (Wildman–Crippen LogP) is 3.82. The molecule has 2 aliphatic heterocycles. The summed E-state index contributed by atoms with van der Waals surface area (Å²) in [6, 6.07) is 0. The van der Waals surface area contributed by atoms with Crippen molar-refractivity contribution in [2.24, 2.45) is 21.8 Å². The molecule has 1 atom stereocenters. The third kappa shape index (κ3) is 3.59. The van der Waals surface area contributed by atoms with E-state index in [1.54, 1.807) is 6.20 Å². The summed E-state index contributed by atoms with van der Waals surface area (Å²) in [6.07, 6.45) is 21.1. The van der Waals surface area contributed by atoms with Gasteiger partial charge >= 0.3 is 0 Å². The van der Waals surface area contributed by atoms with Crippen LogP contribution in [0.5, 0.6) is 0 Å². The number of carbonyl (C=O) groups is 1. The summed E-state index contributed by atoms with van der Waals surface area (Å²) in [5.74, 6) is 0.637. The average Bonchev–Trinajstić information content (AvgIpc) is 3.48. The number of nitrogens with one attached hydrogen (secondary N) is 1. The quantitative estimate of drug-likeness (QED) is 0.827. The second kappa shape index (κ2) is 7.24. The van der Waals surface area contributed by atoms with Crippen molar-refractivity contribution in [3.8, 4) is 0 Å². The zero-order chi connectivity index (χ0) is 17.9. The lowest BCUT2D eigenvalue weighted by atomic mass is 9.93. The van der Waals surface area contributed by atoms with Crippen LogP contribution in [0.1, 0.15) is 26.2 Å². The Bertz CT molecular complexity index is 858. The lowest BCUT2D eigenvalue weighted by molar-refractivity contribution is -0.117. The molecule has 4 aliphatic rings. The van der Waals surface area contributed by atoms with Crippen molar-refractivity contribution >= 4 is 17.3 Å². The van der Waals surface area contributed by atoms with E-state index in [1.807, 2.05) is 36.5 Å². The molecule has 26 heavy (non-hydrogen) atoms. The van der Waals surface area contributed by atoms with Gasteiger partial charge in [-0.1, -0.05) is 49.5 Å². The van der Waals surface area contributed by atoms with Crippen molar-refractivity contribution in [3.05, 3.63) is 71.7 Å². The van der Waals surface area contributed by atoms with E-state index < -0.39 is 0 Å². The van der Waals surface area contributed by atoms with Crippen LogP contribution in [0, 0.1) is 11.8 Å². The number of aliphatic imine (C=N–C) groups is 2. The number of amides is 1. The zero-order valence-electron chi connectivity index (χ0n) is 15.0. The van der Waals surface area contributed by atoms with Crippen LogP contribution >= 0.6 is 0 Å². The first-order chi connectivity index (χ1) is 12.7. The minimum absolute atomic E-state index is 0.123. The molecule has 4 rings (SSSR count). The highest BCUT2D eigenvalue weighted by molar-refractivity contribution is 6.05. The van der Waals surface area contributed by atoms with E-state index in [0.29, 0.717) is 18.2 Å². The Morgan fingerprint density at radius 1 is 1.19 bits per heavy atom. The zero-order valence-corrected chi connectivity index (χ0v) is 15.0. The molecule has 0 aromatic heterocycles. The Morgan fingerprint density at radius 3 is 2.92 bits per heavy atom. The van der Waals surface area contributed by atoms with E-state index in [4.69, 9.17) is 4.99 Å². The molecule has 132 valence electrons. The van der Waals surface area contributed by atoms with Gasteiger partial charge in [-0.2, -0.15) is 0 Å². The van der Waals surface area contributed by atoms with E-state index in [-0.39, 0.29) is 11.8 Å². The minimum atomic E-state index is -0.123. The first-order valence-corrected chi connectivity index (χ1v) is 9.26. The van der Waals surface area contributed by atoms with Crippen molar-refractivity contribution in [2.45, 2.75) is 26.2 Å². The maximum Gasteiger partial charge on any atom is 0.270 e. The highest BCUT2D eigenvalue weighted by atomic mass is 16.2. The van der Waals surface area contributed by atoms with E-state index in [2.05, 4.69) is 29.4 Å². The predicted molar refractivity (Wildman–Crippen MR) is 106 cm³/mol. The Kier molecular flexibility index (Phi) is 4.65. The number of rotatable bonds is 4. The summed E-state index contributed by atoms with van der Waals surface area (Å²) in [5, 5.41) is 3.03.